The van der Waals surface area contributed by atoms with Gasteiger partial charge in [0.05, 0.1) is 0 Å². The third-order valence-corrected chi connectivity index (χ3v) is 4.14. The molecule has 0 saturated carbocycles. The summed E-state index contributed by atoms with van der Waals surface area (Å²) in [7, 11) is 0. The quantitative estimate of drug-likeness (QED) is 0.336. The van der Waals surface area contributed by atoms with Gasteiger partial charge in [0.1, 0.15) is 0 Å². The Morgan fingerprint density at radius 1 is 0.444 bits per heavy atom. The Morgan fingerprint density at radius 3 is 0.778 bits per heavy atom. The van der Waals surface area contributed by atoms with Crippen molar-refractivity contribution in [2.45, 2.75) is 60.7 Å². The summed E-state index contributed by atoms with van der Waals surface area (Å²) in [5, 5.41) is 0. The normalized spacial score (nSPS) is 30.6. The summed E-state index contributed by atoms with van der Waals surface area (Å²) < 4.78 is 272. The molecule has 0 aromatic carbocycles. The number of alkyl halides is 20. The number of carbonyl (C=O) groups excluding carboxylic acids is 1. The molecule has 2 aliphatic rings. The van der Waals surface area contributed by atoms with Crippen LogP contribution in [0.5, 0.6) is 0 Å². The first-order chi connectivity index (χ1) is 15.3. The third kappa shape index (κ3) is 3.51. The molecule has 2 heterocycles. The first-order valence-electron chi connectivity index (χ1n) is 7.64. The van der Waals surface area contributed by atoms with E-state index < -0.39 is 76.3 Å². The smallest absolute Gasteiger partial charge is 0.283 e. The second-order valence-electron chi connectivity index (χ2n) is 6.52. The summed E-state index contributed by atoms with van der Waals surface area (Å²) in [6.45, 7) is 0. The molecule has 5 nitrogen and oxygen atoms in total. The molecule has 2 aliphatic heterocycles. The molecule has 0 aromatic rings. The van der Waals surface area contributed by atoms with Gasteiger partial charge in [-0.2, -0.15) is 87.8 Å². The van der Waals surface area contributed by atoms with Gasteiger partial charge in [-0.1, -0.05) is 9.80 Å². The molecule has 0 amide bonds. The number of morpholine rings is 2. The average molecular weight is 588 g/mol. The maximum atomic E-state index is 14.0. The Bertz CT molecular complexity index is 806. The minimum Gasteiger partial charge on any atom is -0.283 e. The van der Waals surface area contributed by atoms with Crippen LogP contribution in [0.2, 0.25) is 0 Å². The van der Waals surface area contributed by atoms with E-state index in [0.29, 0.717) is 0 Å². The van der Waals surface area contributed by atoms with Crippen molar-refractivity contribution in [3.63, 3.8) is 0 Å². The lowest BCUT2D eigenvalue weighted by Crippen LogP contribution is -2.82. The number of nitrogens with zero attached hydrogens (tertiary/aromatic N) is 2. The van der Waals surface area contributed by atoms with E-state index in [1.54, 1.807) is 9.47 Å². The van der Waals surface area contributed by atoms with Crippen LogP contribution in [0.1, 0.15) is 0 Å². The van der Waals surface area contributed by atoms with Crippen LogP contribution in [-0.2, 0) is 14.3 Å². The Labute approximate surface area is 180 Å². The number of halogens is 20. The summed E-state index contributed by atoms with van der Waals surface area (Å²) in [6, 6.07) is -47.2. The predicted octanol–water partition coefficient (Wildman–Crippen LogP) is 5.15. The van der Waals surface area contributed by atoms with Gasteiger partial charge in [-0.15, -0.1) is 0 Å². The fraction of sp³-hybridized carbons (Fsp3) is 0.909. The van der Waals surface area contributed by atoms with E-state index in [4.69, 9.17) is 0 Å². The zero-order valence-electron chi connectivity index (χ0n) is 15.2. The molecule has 0 radical (unpaired) electrons. The summed E-state index contributed by atoms with van der Waals surface area (Å²) in [6.07, 6.45) is -29.2. The summed E-state index contributed by atoms with van der Waals surface area (Å²) in [5.41, 5.74) is 0. The number of rotatable bonds is 4. The highest BCUT2D eigenvalue weighted by atomic mass is 19.4. The molecule has 0 N–H and O–H groups in total. The molecule has 0 aromatic heterocycles. The number of hydrogen-bond donors (Lipinski definition) is 0. The van der Waals surface area contributed by atoms with E-state index in [0.717, 1.165) is 0 Å². The minimum atomic E-state index is -8.15. The lowest BCUT2D eigenvalue weighted by atomic mass is 10.1. The molecule has 25 heteroatoms. The highest BCUT2D eigenvalue weighted by Crippen LogP contribution is 2.62. The van der Waals surface area contributed by atoms with Gasteiger partial charge >= 0.3 is 66.5 Å². The molecule has 0 aliphatic carbocycles. The molecule has 0 bridgehead atoms. The van der Waals surface area contributed by atoms with Gasteiger partial charge in [0, 0.05) is 0 Å². The number of carbonyl (C=O) groups is 1. The lowest BCUT2D eigenvalue weighted by Gasteiger charge is -2.51. The zero-order chi connectivity index (χ0) is 29.1. The zero-order valence-corrected chi connectivity index (χ0v) is 15.2. The van der Waals surface area contributed by atoms with Gasteiger partial charge in [-0.3, -0.25) is 4.79 Å². The lowest BCUT2D eigenvalue weighted by molar-refractivity contribution is -0.587. The highest BCUT2D eigenvalue weighted by molar-refractivity contribution is 5.91. The third-order valence-electron chi connectivity index (χ3n) is 4.14. The molecule has 2 fully saturated rings. The van der Waals surface area contributed by atoms with Crippen molar-refractivity contribution < 1.29 is 102 Å². The van der Waals surface area contributed by atoms with E-state index in [9.17, 15) is 92.6 Å². The van der Waals surface area contributed by atoms with Crippen molar-refractivity contribution in [2.24, 2.45) is 0 Å². The Balaban J connectivity index is 2.80. The van der Waals surface area contributed by atoms with Crippen LogP contribution in [0.15, 0.2) is 0 Å². The topological polar surface area (TPSA) is 42.0 Å². The van der Waals surface area contributed by atoms with Crippen LogP contribution in [0.25, 0.3) is 0 Å². The van der Waals surface area contributed by atoms with Crippen LogP contribution >= 0.6 is 0 Å². The van der Waals surface area contributed by atoms with Crippen LogP contribution in [-0.4, -0.2) is 76.3 Å². The predicted molar refractivity (Wildman–Crippen MR) is 60.3 cm³/mol. The monoisotopic (exact) mass is 588 g/mol. The fourth-order valence-electron chi connectivity index (χ4n) is 2.53. The molecule has 2 saturated heterocycles. The molecule has 36 heavy (non-hydrogen) atoms. The second-order valence-corrected chi connectivity index (χ2v) is 6.52. The molecular weight excluding hydrogens is 588 g/mol. The standard InChI is InChI=1S/C11F20N2O3/c12-2(13,32-4(16,17)8(24,25)35-9(26,27)5(32,18)19)1(34)3(14,15)33-6(20,21)10(28,29)36-11(30,31)7(33,22)23. The second kappa shape index (κ2) is 7.15. The molecular formula is C11F20N2O3. The first kappa shape index (κ1) is 30.3. The Kier molecular flexibility index (Phi) is 6.02. The van der Waals surface area contributed by atoms with Crippen molar-refractivity contribution in [2.75, 3.05) is 0 Å². The highest BCUT2D eigenvalue weighted by Gasteiger charge is 2.92. The van der Waals surface area contributed by atoms with Crippen molar-refractivity contribution in [1.82, 2.24) is 9.80 Å². The van der Waals surface area contributed by atoms with Gasteiger partial charge < -0.3 is 0 Å². The van der Waals surface area contributed by atoms with Gasteiger partial charge in [0.15, 0.2) is 0 Å². The number of ether oxygens (including phenoxy) is 2. The van der Waals surface area contributed by atoms with Crippen molar-refractivity contribution >= 4 is 5.78 Å². The van der Waals surface area contributed by atoms with E-state index in [1.807, 2.05) is 0 Å². The van der Waals surface area contributed by atoms with E-state index >= 15 is 0 Å². The van der Waals surface area contributed by atoms with Crippen molar-refractivity contribution in [3.05, 3.63) is 0 Å². The molecule has 0 spiro atoms. The SMILES string of the molecule is O=C(C(F)(F)N1C(F)(F)C(F)(F)OC(F)(F)C1(F)F)C(F)(F)N1C(F)(F)C(F)(F)OC(F)(F)C1(F)F. The van der Waals surface area contributed by atoms with Gasteiger partial charge in [-0.05, 0) is 0 Å². The van der Waals surface area contributed by atoms with Crippen LogP contribution < -0.4 is 0 Å². The largest absolute Gasteiger partial charge is 0.439 e. The van der Waals surface area contributed by atoms with Crippen molar-refractivity contribution in [3.8, 4) is 0 Å². The van der Waals surface area contributed by atoms with E-state index in [1.165, 1.54) is 0 Å². The maximum absolute atomic E-state index is 14.0. The molecule has 0 atom stereocenters. The molecule has 2 rings (SSSR count). The fourth-order valence-corrected chi connectivity index (χ4v) is 2.53. The van der Waals surface area contributed by atoms with Crippen LogP contribution in [0.4, 0.5) is 87.8 Å². The Morgan fingerprint density at radius 2 is 0.611 bits per heavy atom. The minimum absolute atomic E-state index is 1.61. The van der Waals surface area contributed by atoms with Crippen molar-refractivity contribution in [1.29, 1.82) is 0 Å². The summed E-state index contributed by atoms with van der Waals surface area (Å²) in [5.74, 6) is -5.71. The van der Waals surface area contributed by atoms with E-state index in [2.05, 4.69) is 0 Å². The maximum Gasteiger partial charge on any atom is 0.439 e. The molecule has 212 valence electrons. The number of ketones is 1. The summed E-state index contributed by atoms with van der Waals surface area (Å²) >= 11 is 0. The Hall–Kier alpha value is -1.89. The van der Waals surface area contributed by atoms with Crippen LogP contribution in [0.3, 0.4) is 0 Å². The van der Waals surface area contributed by atoms with E-state index in [-0.39, 0.29) is 0 Å². The average Bonchev–Trinajstić information content (AvgIpc) is 2.55. The van der Waals surface area contributed by atoms with Gasteiger partial charge in [0.25, 0.3) is 0 Å². The number of Topliss-reactive ketones (excluding diaryl/α,β-unsaturated/α-hetero) is 1. The summed E-state index contributed by atoms with van der Waals surface area (Å²) in [4.78, 5) is 2.52. The molecule has 0 unspecified atom stereocenters. The number of hydrogen-bond acceptors (Lipinski definition) is 5. The van der Waals surface area contributed by atoms with Crippen LogP contribution in [0, 0.1) is 0 Å². The van der Waals surface area contributed by atoms with Gasteiger partial charge in [0.2, 0.25) is 0 Å². The first-order valence-corrected chi connectivity index (χ1v) is 7.64. The van der Waals surface area contributed by atoms with Gasteiger partial charge in [-0.25, -0.2) is 9.47 Å².